The van der Waals surface area contributed by atoms with Crippen LogP contribution in [0.4, 0.5) is 0 Å². The molecule has 2 atom stereocenters. The van der Waals surface area contributed by atoms with Crippen LogP contribution >= 0.6 is 0 Å². The Morgan fingerprint density at radius 3 is 2.50 bits per heavy atom. The molecule has 1 saturated carbocycles. The maximum atomic E-state index is 3.81. The molecule has 1 heterocycles. The Labute approximate surface area is 126 Å². The Morgan fingerprint density at radius 1 is 1.00 bits per heavy atom. The van der Waals surface area contributed by atoms with E-state index < -0.39 is 0 Å². The van der Waals surface area contributed by atoms with Gasteiger partial charge in [-0.2, -0.15) is 0 Å². The normalized spacial score (nSPS) is 33.6. The van der Waals surface area contributed by atoms with Crippen molar-refractivity contribution < 1.29 is 0 Å². The number of nitrogens with one attached hydrogen (secondary N) is 2. The van der Waals surface area contributed by atoms with Crippen LogP contribution in [0.3, 0.4) is 0 Å². The van der Waals surface area contributed by atoms with Gasteiger partial charge in [0.25, 0.3) is 0 Å². The Balaban J connectivity index is 1.58. The maximum absolute atomic E-state index is 3.81. The summed E-state index contributed by atoms with van der Waals surface area (Å²) in [6.07, 6.45) is 14.2. The summed E-state index contributed by atoms with van der Waals surface area (Å²) in [7, 11) is 0. The fraction of sp³-hybridized carbons (Fsp3) is 1.00. The average molecular weight is 280 g/mol. The van der Waals surface area contributed by atoms with E-state index >= 15 is 0 Å². The van der Waals surface area contributed by atoms with Crippen molar-refractivity contribution in [3.63, 3.8) is 0 Å². The van der Waals surface area contributed by atoms with Gasteiger partial charge in [0, 0.05) is 12.1 Å². The van der Waals surface area contributed by atoms with Crippen LogP contribution in [-0.2, 0) is 0 Å². The average Bonchev–Trinajstić information content (AvgIpc) is 2.74. The van der Waals surface area contributed by atoms with Crippen LogP contribution in [0.1, 0.15) is 78.1 Å². The minimum absolute atomic E-state index is 0.675. The Kier molecular flexibility index (Phi) is 7.37. The molecule has 20 heavy (non-hydrogen) atoms. The molecule has 0 amide bonds. The van der Waals surface area contributed by atoms with E-state index in [1.54, 1.807) is 0 Å². The topological polar surface area (TPSA) is 24.1 Å². The zero-order chi connectivity index (χ0) is 14.2. The van der Waals surface area contributed by atoms with E-state index in [9.17, 15) is 0 Å². The van der Waals surface area contributed by atoms with Crippen LogP contribution in [0.25, 0.3) is 0 Å². The van der Waals surface area contributed by atoms with Gasteiger partial charge < -0.3 is 10.6 Å². The summed E-state index contributed by atoms with van der Waals surface area (Å²) in [6.45, 7) is 7.22. The number of hydrogen-bond acceptors (Lipinski definition) is 2. The molecule has 1 saturated heterocycles. The molecule has 1 aliphatic heterocycles. The number of rotatable bonds is 6. The molecule has 0 bridgehead atoms. The first-order valence-corrected chi connectivity index (χ1v) is 9.24. The van der Waals surface area contributed by atoms with Crippen molar-refractivity contribution in [2.45, 2.75) is 90.1 Å². The van der Waals surface area contributed by atoms with Crippen LogP contribution in [-0.4, -0.2) is 25.2 Å². The molecule has 0 spiro atoms. The SMILES string of the molecule is CCC1CCC(CNC(C)CC2CCCCCN2)CC1. The van der Waals surface area contributed by atoms with Crippen LogP contribution in [0.15, 0.2) is 0 Å². The summed E-state index contributed by atoms with van der Waals surface area (Å²) >= 11 is 0. The van der Waals surface area contributed by atoms with Crippen molar-refractivity contribution in [1.82, 2.24) is 10.6 Å². The van der Waals surface area contributed by atoms with E-state index in [1.165, 1.54) is 77.3 Å². The predicted octanol–water partition coefficient (Wildman–Crippen LogP) is 4.10. The van der Waals surface area contributed by atoms with Gasteiger partial charge >= 0.3 is 0 Å². The number of hydrogen-bond donors (Lipinski definition) is 2. The molecule has 1 aliphatic carbocycles. The second-order valence-electron chi connectivity index (χ2n) is 7.34. The van der Waals surface area contributed by atoms with Gasteiger partial charge in [-0.25, -0.2) is 0 Å². The fourth-order valence-electron chi connectivity index (χ4n) is 4.02. The molecular formula is C18H36N2. The van der Waals surface area contributed by atoms with E-state index in [-0.39, 0.29) is 0 Å². The van der Waals surface area contributed by atoms with Crippen molar-refractivity contribution in [3.8, 4) is 0 Å². The van der Waals surface area contributed by atoms with Crippen molar-refractivity contribution >= 4 is 0 Å². The molecule has 2 aliphatic rings. The van der Waals surface area contributed by atoms with Gasteiger partial charge in [0.1, 0.15) is 0 Å². The highest BCUT2D eigenvalue weighted by Gasteiger charge is 2.21. The van der Waals surface area contributed by atoms with E-state index in [2.05, 4.69) is 24.5 Å². The molecule has 2 fully saturated rings. The lowest BCUT2D eigenvalue weighted by molar-refractivity contribution is 0.254. The van der Waals surface area contributed by atoms with E-state index in [1.807, 2.05) is 0 Å². The molecule has 2 rings (SSSR count). The quantitative estimate of drug-likeness (QED) is 0.765. The second kappa shape index (κ2) is 9.04. The van der Waals surface area contributed by atoms with Crippen molar-refractivity contribution in [2.75, 3.05) is 13.1 Å². The molecule has 0 aromatic heterocycles. The minimum atomic E-state index is 0.675. The Hall–Kier alpha value is -0.0800. The molecular weight excluding hydrogens is 244 g/mol. The van der Waals surface area contributed by atoms with Gasteiger partial charge in [-0.1, -0.05) is 39.0 Å². The lowest BCUT2D eigenvalue weighted by Crippen LogP contribution is -2.39. The van der Waals surface area contributed by atoms with E-state index in [4.69, 9.17) is 0 Å². The molecule has 2 heteroatoms. The van der Waals surface area contributed by atoms with Crippen molar-refractivity contribution in [3.05, 3.63) is 0 Å². The molecule has 0 aromatic carbocycles. The zero-order valence-corrected chi connectivity index (χ0v) is 13.8. The smallest absolute Gasteiger partial charge is 0.00817 e. The largest absolute Gasteiger partial charge is 0.314 e. The third kappa shape index (κ3) is 5.73. The van der Waals surface area contributed by atoms with Gasteiger partial charge in [-0.05, 0) is 64.0 Å². The van der Waals surface area contributed by atoms with Crippen molar-refractivity contribution in [1.29, 1.82) is 0 Å². The zero-order valence-electron chi connectivity index (χ0n) is 13.8. The van der Waals surface area contributed by atoms with Gasteiger partial charge in [0.15, 0.2) is 0 Å². The Morgan fingerprint density at radius 2 is 1.75 bits per heavy atom. The first-order chi connectivity index (χ1) is 9.78. The molecule has 2 nitrogen and oxygen atoms in total. The van der Waals surface area contributed by atoms with Crippen LogP contribution in [0, 0.1) is 11.8 Å². The predicted molar refractivity (Wildman–Crippen MR) is 88.1 cm³/mol. The summed E-state index contributed by atoms with van der Waals surface area (Å²) in [6, 6.07) is 1.44. The molecule has 2 N–H and O–H groups in total. The fourth-order valence-corrected chi connectivity index (χ4v) is 4.02. The lowest BCUT2D eigenvalue weighted by atomic mass is 9.81. The third-order valence-electron chi connectivity index (χ3n) is 5.60. The van der Waals surface area contributed by atoms with Gasteiger partial charge in [0.05, 0.1) is 0 Å². The molecule has 118 valence electrons. The monoisotopic (exact) mass is 280 g/mol. The van der Waals surface area contributed by atoms with Crippen LogP contribution in [0.5, 0.6) is 0 Å². The summed E-state index contributed by atoms with van der Waals surface area (Å²) in [5.41, 5.74) is 0. The van der Waals surface area contributed by atoms with E-state index in [0.717, 1.165) is 17.9 Å². The summed E-state index contributed by atoms with van der Waals surface area (Å²) in [4.78, 5) is 0. The first-order valence-electron chi connectivity index (χ1n) is 9.24. The second-order valence-corrected chi connectivity index (χ2v) is 7.34. The molecule has 2 unspecified atom stereocenters. The van der Waals surface area contributed by atoms with Gasteiger partial charge in [-0.15, -0.1) is 0 Å². The summed E-state index contributed by atoms with van der Waals surface area (Å²) in [5.74, 6) is 1.97. The lowest BCUT2D eigenvalue weighted by Gasteiger charge is -2.29. The Bertz CT molecular complexity index is 238. The first kappa shape index (κ1) is 16.3. The highest BCUT2D eigenvalue weighted by atomic mass is 14.9. The van der Waals surface area contributed by atoms with Gasteiger partial charge in [0.2, 0.25) is 0 Å². The highest BCUT2D eigenvalue weighted by molar-refractivity contribution is 4.78. The van der Waals surface area contributed by atoms with E-state index in [0.29, 0.717) is 6.04 Å². The molecule has 0 radical (unpaired) electrons. The molecule has 0 aromatic rings. The summed E-state index contributed by atoms with van der Waals surface area (Å²) < 4.78 is 0. The van der Waals surface area contributed by atoms with Gasteiger partial charge in [-0.3, -0.25) is 0 Å². The maximum Gasteiger partial charge on any atom is 0.00817 e. The van der Waals surface area contributed by atoms with Crippen molar-refractivity contribution in [2.24, 2.45) is 11.8 Å². The summed E-state index contributed by atoms with van der Waals surface area (Å²) in [5, 5.41) is 7.54. The van der Waals surface area contributed by atoms with Crippen LogP contribution in [0.2, 0.25) is 0 Å². The minimum Gasteiger partial charge on any atom is -0.314 e. The highest BCUT2D eigenvalue weighted by Crippen LogP contribution is 2.30. The standard InChI is InChI=1S/C18H36N2/c1-3-16-8-10-17(11-9-16)14-20-15(2)13-18-7-5-4-6-12-19-18/h15-20H,3-14H2,1-2H3. The van der Waals surface area contributed by atoms with Crippen LogP contribution < -0.4 is 10.6 Å². The third-order valence-corrected chi connectivity index (χ3v) is 5.60.